The van der Waals surface area contributed by atoms with Crippen LogP contribution in [-0.2, 0) is 0 Å². The zero-order valence-corrected chi connectivity index (χ0v) is 17.5. The second-order valence-electron chi connectivity index (χ2n) is 7.48. The van der Waals surface area contributed by atoms with Gasteiger partial charge in [-0.05, 0) is 25.1 Å². The van der Waals surface area contributed by atoms with Gasteiger partial charge in [-0.1, -0.05) is 0 Å². The molecule has 1 atom stereocenters. The van der Waals surface area contributed by atoms with Crippen molar-refractivity contribution in [1.82, 2.24) is 30.0 Å². The van der Waals surface area contributed by atoms with Gasteiger partial charge in [-0.25, -0.2) is 14.6 Å². The Balaban J connectivity index is 1.60. The van der Waals surface area contributed by atoms with Crippen LogP contribution in [0.15, 0.2) is 55.1 Å². The number of piperazine rings is 1. The van der Waals surface area contributed by atoms with Crippen molar-refractivity contribution in [2.24, 2.45) is 0 Å². The maximum absolute atomic E-state index is 5.46. The van der Waals surface area contributed by atoms with E-state index >= 15 is 0 Å². The molecule has 158 valence electrons. The van der Waals surface area contributed by atoms with Gasteiger partial charge in [0.15, 0.2) is 5.82 Å². The number of fused-ring (bicyclic) bond motifs is 1. The molecule has 4 heterocycles. The summed E-state index contributed by atoms with van der Waals surface area (Å²) in [6.07, 6.45) is 6.80. The molecule has 9 heteroatoms. The van der Waals surface area contributed by atoms with Gasteiger partial charge in [0.1, 0.15) is 17.4 Å². The third-order valence-corrected chi connectivity index (χ3v) is 5.47. The zero-order valence-electron chi connectivity index (χ0n) is 17.5. The van der Waals surface area contributed by atoms with E-state index in [0.29, 0.717) is 17.7 Å². The number of aromatic nitrogens is 5. The third kappa shape index (κ3) is 3.75. The fourth-order valence-electron chi connectivity index (χ4n) is 3.87. The van der Waals surface area contributed by atoms with Gasteiger partial charge in [-0.15, -0.1) is 5.10 Å². The average molecular weight is 416 g/mol. The number of pyridine rings is 1. The van der Waals surface area contributed by atoms with Gasteiger partial charge in [0.2, 0.25) is 0 Å². The minimum absolute atomic E-state index is 0.375. The maximum Gasteiger partial charge on any atom is 0.162 e. The van der Waals surface area contributed by atoms with E-state index < -0.39 is 0 Å². The summed E-state index contributed by atoms with van der Waals surface area (Å²) in [6, 6.07) is 10.3. The Morgan fingerprint density at radius 2 is 2.06 bits per heavy atom. The Hall–Kier alpha value is -3.72. The lowest BCUT2D eigenvalue weighted by molar-refractivity contribution is 0.415. The van der Waals surface area contributed by atoms with Gasteiger partial charge in [0, 0.05) is 61.8 Å². The second-order valence-corrected chi connectivity index (χ2v) is 7.48. The Kier molecular flexibility index (Phi) is 5.09. The van der Waals surface area contributed by atoms with Gasteiger partial charge in [0.05, 0.1) is 24.5 Å². The SMILES string of the molecule is COc1ccc2c(Nc3cnccn3)nn(-c3ccnc(N4CCNC[C@@H]4C)c3)c2c1. The van der Waals surface area contributed by atoms with Crippen molar-refractivity contribution in [2.45, 2.75) is 13.0 Å². The van der Waals surface area contributed by atoms with Crippen LogP contribution in [0.1, 0.15) is 6.92 Å². The van der Waals surface area contributed by atoms with Gasteiger partial charge in [0.25, 0.3) is 0 Å². The Bertz CT molecular complexity index is 1190. The lowest BCUT2D eigenvalue weighted by atomic mass is 10.2. The van der Waals surface area contributed by atoms with E-state index in [-0.39, 0.29) is 0 Å². The maximum atomic E-state index is 5.46. The number of benzene rings is 1. The van der Waals surface area contributed by atoms with Crippen LogP contribution < -0.4 is 20.3 Å². The molecule has 0 saturated carbocycles. The van der Waals surface area contributed by atoms with Gasteiger partial charge >= 0.3 is 0 Å². The molecular weight excluding hydrogens is 392 g/mol. The Morgan fingerprint density at radius 1 is 1.13 bits per heavy atom. The number of nitrogens with zero attached hydrogens (tertiary/aromatic N) is 6. The molecule has 0 bridgehead atoms. The van der Waals surface area contributed by atoms with E-state index in [1.165, 1.54) is 0 Å². The van der Waals surface area contributed by atoms with Crippen molar-refractivity contribution < 1.29 is 4.74 Å². The number of nitrogens with one attached hydrogen (secondary N) is 2. The first-order valence-electron chi connectivity index (χ1n) is 10.3. The number of rotatable bonds is 5. The van der Waals surface area contributed by atoms with Crippen LogP contribution in [0, 0.1) is 0 Å². The molecule has 0 spiro atoms. The largest absolute Gasteiger partial charge is 0.497 e. The van der Waals surface area contributed by atoms with Crippen LogP contribution >= 0.6 is 0 Å². The summed E-state index contributed by atoms with van der Waals surface area (Å²) in [5.41, 5.74) is 1.86. The van der Waals surface area contributed by atoms with Crippen LogP contribution in [0.2, 0.25) is 0 Å². The van der Waals surface area contributed by atoms with Crippen molar-refractivity contribution in [3.05, 3.63) is 55.1 Å². The summed E-state index contributed by atoms with van der Waals surface area (Å²) >= 11 is 0. The second kappa shape index (κ2) is 8.19. The predicted molar refractivity (Wildman–Crippen MR) is 120 cm³/mol. The highest BCUT2D eigenvalue weighted by atomic mass is 16.5. The highest BCUT2D eigenvalue weighted by Gasteiger charge is 2.20. The molecule has 1 fully saturated rings. The first kappa shape index (κ1) is 19.3. The molecule has 1 aliphatic heterocycles. The number of hydrogen-bond donors (Lipinski definition) is 2. The standard InChI is InChI=1S/C22H24N8O/c1-15-13-24-9-10-29(15)21-11-16(5-6-26-21)30-19-12-17(31-2)3-4-18(19)22(28-30)27-20-14-23-7-8-25-20/h3-8,11-12,14-15,24H,9-10,13H2,1-2H3,(H,25,27,28)/t15-/m0/s1. The predicted octanol–water partition coefficient (Wildman–Crippen LogP) is 2.76. The molecule has 1 aromatic carbocycles. The molecular formula is C22H24N8O. The number of anilines is 3. The molecule has 1 saturated heterocycles. The van der Waals surface area contributed by atoms with Crippen molar-refractivity contribution in [3.8, 4) is 11.4 Å². The quantitative estimate of drug-likeness (QED) is 0.513. The minimum Gasteiger partial charge on any atom is -0.497 e. The molecule has 5 rings (SSSR count). The molecule has 31 heavy (non-hydrogen) atoms. The van der Waals surface area contributed by atoms with E-state index in [1.54, 1.807) is 25.7 Å². The third-order valence-electron chi connectivity index (χ3n) is 5.47. The molecule has 0 radical (unpaired) electrons. The lowest BCUT2D eigenvalue weighted by Gasteiger charge is -2.35. The fourth-order valence-corrected chi connectivity index (χ4v) is 3.87. The smallest absolute Gasteiger partial charge is 0.162 e. The highest BCUT2D eigenvalue weighted by molar-refractivity contribution is 5.93. The first-order chi connectivity index (χ1) is 15.2. The summed E-state index contributed by atoms with van der Waals surface area (Å²) < 4.78 is 7.37. The summed E-state index contributed by atoms with van der Waals surface area (Å²) in [4.78, 5) is 15.4. The molecule has 2 N–H and O–H groups in total. The zero-order chi connectivity index (χ0) is 21.2. The van der Waals surface area contributed by atoms with E-state index in [2.05, 4.69) is 43.5 Å². The molecule has 0 aliphatic carbocycles. The molecule has 3 aromatic heterocycles. The van der Waals surface area contributed by atoms with Gasteiger partial charge < -0.3 is 20.3 Å². The van der Waals surface area contributed by atoms with Crippen LogP contribution in [-0.4, -0.2) is 57.5 Å². The van der Waals surface area contributed by atoms with Crippen molar-refractivity contribution >= 4 is 28.4 Å². The Labute approximate surface area is 180 Å². The summed E-state index contributed by atoms with van der Waals surface area (Å²) in [6.45, 7) is 5.02. The number of hydrogen-bond acceptors (Lipinski definition) is 8. The molecule has 1 aliphatic rings. The van der Waals surface area contributed by atoms with Gasteiger partial charge in [-0.3, -0.25) is 4.98 Å². The fraction of sp³-hybridized carbons (Fsp3) is 0.273. The van der Waals surface area contributed by atoms with E-state index in [9.17, 15) is 0 Å². The molecule has 0 unspecified atom stereocenters. The van der Waals surface area contributed by atoms with Crippen LogP contribution in [0.25, 0.3) is 16.6 Å². The van der Waals surface area contributed by atoms with Crippen molar-refractivity contribution in [1.29, 1.82) is 0 Å². The van der Waals surface area contributed by atoms with E-state index in [0.717, 1.165) is 47.8 Å². The average Bonchev–Trinajstić information content (AvgIpc) is 3.17. The summed E-state index contributed by atoms with van der Waals surface area (Å²) in [5.74, 6) is 3.05. The van der Waals surface area contributed by atoms with Crippen molar-refractivity contribution in [3.63, 3.8) is 0 Å². The number of methoxy groups -OCH3 is 1. The topological polar surface area (TPSA) is 93.0 Å². The molecule has 9 nitrogen and oxygen atoms in total. The Morgan fingerprint density at radius 3 is 2.87 bits per heavy atom. The molecule has 4 aromatic rings. The summed E-state index contributed by atoms with van der Waals surface area (Å²) in [5, 5.41) is 12.5. The lowest BCUT2D eigenvalue weighted by Crippen LogP contribution is -2.50. The monoisotopic (exact) mass is 416 g/mol. The first-order valence-corrected chi connectivity index (χ1v) is 10.3. The minimum atomic E-state index is 0.375. The van der Waals surface area contributed by atoms with E-state index in [1.807, 2.05) is 35.1 Å². The van der Waals surface area contributed by atoms with Crippen LogP contribution in [0.3, 0.4) is 0 Å². The van der Waals surface area contributed by atoms with Crippen LogP contribution in [0.5, 0.6) is 5.75 Å². The van der Waals surface area contributed by atoms with Crippen LogP contribution in [0.4, 0.5) is 17.5 Å². The highest BCUT2D eigenvalue weighted by Crippen LogP contribution is 2.31. The molecule has 0 amide bonds. The normalized spacial score (nSPS) is 16.5. The van der Waals surface area contributed by atoms with Gasteiger partial charge in [-0.2, -0.15) is 0 Å². The number of ether oxygens (including phenoxy) is 1. The summed E-state index contributed by atoms with van der Waals surface area (Å²) in [7, 11) is 1.66. The van der Waals surface area contributed by atoms with Crippen molar-refractivity contribution in [2.75, 3.05) is 37.0 Å². The van der Waals surface area contributed by atoms with E-state index in [4.69, 9.17) is 9.84 Å².